The lowest BCUT2D eigenvalue weighted by molar-refractivity contribution is 0.255. The van der Waals surface area contributed by atoms with E-state index in [-0.39, 0.29) is 0 Å². The van der Waals surface area contributed by atoms with Gasteiger partial charge in [0.25, 0.3) is 0 Å². The summed E-state index contributed by atoms with van der Waals surface area (Å²) in [4.78, 5) is 13.0. The quantitative estimate of drug-likeness (QED) is 0.403. The molecule has 0 aliphatic carbocycles. The molecule has 1 saturated heterocycles. The van der Waals surface area contributed by atoms with Crippen LogP contribution in [0.5, 0.6) is 0 Å². The van der Waals surface area contributed by atoms with Gasteiger partial charge in [-0.1, -0.05) is 6.07 Å². The van der Waals surface area contributed by atoms with Crippen LogP contribution in [0.15, 0.2) is 41.2 Å². The lowest BCUT2D eigenvalue weighted by Gasteiger charge is -2.25. The summed E-state index contributed by atoms with van der Waals surface area (Å²) in [6.45, 7) is 8.04. The molecular weight excluding hydrogens is 344 g/mol. The summed E-state index contributed by atoms with van der Waals surface area (Å²) in [7, 11) is 0. The Balaban J connectivity index is 1.53. The summed E-state index contributed by atoms with van der Waals surface area (Å²) < 4.78 is 2.10. The molecule has 1 aliphatic rings. The molecule has 2 N–H and O–H groups in total. The van der Waals surface area contributed by atoms with Crippen LogP contribution in [0.1, 0.15) is 37.1 Å². The number of aliphatic imine (C=N–C) groups is 1. The van der Waals surface area contributed by atoms with E-state index in [9.17, 15) is 0 Å². The standard InChI is InChI=1S/C19H30N6S/c1-2-21-19(22-8-6-10-24-13-9-20-16-24)23-15-17(18-7-5-14-26-18)25-11-3-4-12-25/h5,7,9,13-14,16-17H,2-4,6,8,10-12,15H2,1H3,(H2,21,22,23). The molecule has 0 bridgehead atoms. The maximum atomic E-state index is 4.89. The lowest BCUT2D eigenvalue weighted by atomic mass is 10.2. The van der Waals surface area contributed by atoms with E-state index >= 15 is 0 Å². The van der Waals surface area contributed by atoms with Crippen LogP contribution >= 0.6 is 11.3 Å². The van der Waals surface area contributed by atoms with Crippen molar-refractivity contribution in [2.45, 2.75) is 38.8 Å². The van der Waals surface area contributed by atoms with Gasteiger partial charge in [0.1, 0.15) is 0 Å². The van der Waals surface area contributed by atoms with Crippen molar-refractivity contribution in [3.63, 3.8) is 0 Å². The maximum Gasteiger partial charge on any atom is 0.191 e. The minimum Gasteiger partial charge on any atom is -0.357 e. The van der Waals surface area contributed by atoms with E-state index < -0.39 is 0 Å². The second kappa shape index (κ2) is 10.3. The molecule has 6 nitrogen and oxygen atoms in total. The number of likely N-dealkylation sites (tertiary alicyclic amines) is 1. The molecule has 0 spiro atoms. The molecule has 0 amide bonds. The van der Waals surface area contributed by atoms with Gasteiger partial charge in [-0.25, -0.2) is 4.98 Å². The van der Waals surface area contributed by atoms with E-state index in [1.54, 1.807) is 0 Å². The largest absolute Gasteiger partial charge is 0.357 e. The summed E-state index contributed by atoms with van der Waals surface area (Å²) in [5.41, 5.74) is 0. The molecule has 1 unspecified atom stereocenters. The van der Waals surface area contributed by atoms with Crippen LogP contribution in [0.4, 0.5) is 0 Å². The Morgan fingerprint density at radius 2 is 2.23 bits per heavy atom. The van der Waals surface area contributed by atoms with Gasteiger partial charge in [-0.3, -0.25) is 9.89 Å². The predicted octanol–water partition coefficient (Wildman–Crippen LogP) is 2.73. The average Bonchev–Trinajstić information content (AvgIpc) is 3.42. The van der Waals surface area contributed by atoms with Crippen molar-refractivity contribution in [2.75, 3.05) is 32.7 Å². The summed E-state index contributed by atoms with van der Waals surface area (Å²) in [5, 5.41) is 9.00. The Hall–Kier alpha value is -1.86. The number of hydrogen-bond donors (Lipinski definition) is 2. The van der Waals surface area contributed by atoms with Gasteiger partial charge < -0.3 is 15.2 Å². The lowest BCUT2D eigenvalue weighted by Crippen LogP contribution is -2.39. The number of nitrogens with zero attached hydrogens (tertiary/aromatic N) is 4. The molecule has 142 valence electrons. The van der Waals surface area contributed by atoms with Gasteiger partial charge in [0, 0.05) is 36.9 Å². The molecule has 2 aromatic heterocycles. The molecule has 1 atom stereocenters. The molecule has 1 aliphatic heterocycles. The summed E-state index contributed by atoms with van der Waals surface area (Å²) in [6, 6.07) is 4.79. The van der Waals surface area contributed by atoms with Gasteiger partial charge in [0.2, 0.25) is 0 Å². The SMILES string of the molecule is CCNC(=NCC(c1cccs1)N1CCCC1)NCCCn1ccnc1. The zero-order valence-corrected chi connectivity index (χ0v) is 16.4. The molecule has 26 heavy (non-hydrogen) atoms. The van der Waals surface area contributed by atoms with Crippen LogP contribution in [0.2, 0.25) is 0 Å². The first kappa shape index (κ1) is 18.9. The number of imidazole rings is 1. The number of aromatic nitrogens is 2. The second-order valence-electron chi connectivity index (χ2n) is 6.57. The Bertz CT molecular complexity index is 631. The Morgan fingerprint density at radius 3 is 2.92 bits per heavy atom. The molecule has 0 radical (unpaired) electrons. The van der Waals surface area contributed by atoms with Crippen LogP contribution in [-0.4, -0.2) is 53.1 Å². The number of nitrogens with one attached hydrogen (secondary N) is 2. The van der Waals surface area contributed by atoms with E-state index in [1.807, 2.05) is 30.1 Å². The van der Waals surface area contributed by atoms with Gasteiger partial charge in [-0.05, 0) is 50.7 Å². The fraction of sp³-hybridized carbons (Fsp3) is 0.579. The second-order valence-corrected chi connectivity index (χ2v) is 7.55. The summed E-state index contributed by atoms with van der Waals surface area (Å²) in [6.07, 6.45) is 9.33. The van der Waals surface area contributed by atoms with Crippen LogP contribution in [0.3, 0.4) is 0 Å². The van der Waals surface area contributed by atoms with Crippen molar-refractivity contribution in [3.05, 3.63) is 41.1 Å². The number of hydrogen-bond acceptors (Lipinski definition) is 4. The van der Waals surface area contributed by atoms with Crippen molar-refractivity contribution < 1.29 is 0 Å². The number of thiophene rings is 1. The maximum absolute atomic E-state index is 4.89. The van der Waals surface area contributed by atoms with Gasteiger partial charge in [0.15, 0.2) is 5.96 Å². The van der Waals surface area contributed by atoms with E-state index in [0.717, 1.165) is 38.6 Å². The highest BCUT2D eigenvalue weighted by atomic mass is 32.1. The monoisotopic (exact) mass is 374 g/mol. The molecule has 1 fully saturated rings. The van der Waals surface area contributed by atoms with Crippen LogP contribution in [-0.2, 0) is 6.54 Å². The van der Waals surface area contributed by atoms with Crippen molar-refractivity contribution in [3.8, 4) is 0 Å². The molecule has 3 heterocycles. The smallest absolute Gasteiger partial charge is 0.191 e. The van der Waals surface area contributed by atoms with Gasteiger partial charge in [0.05, 0.1) is 18.9 Å². The highest BCUT2D eigenvalue weighted by Gasteiger charge is 2.24. The minimum atomic E-state index is 0.402. The molecular formula is C19H30N6S. The molecule has 3 rings (SSSR count). The summed E-state index contributed by atoms with van der Waals surface area (Å²) >= 11 is 1.84. The van der Waals surface area contributed by atoms with Crippen molar-refractivity contribution in [1.82, 2.24) is 25.1 Å². The van der Waals surface area contributed by atoms with Crippen LogP contribution < -0.4 is 10.6 Å². The third kappa shape index (κ3) is 5.57. The first-order chi connectivity index (χ1) is 12.9. The fourth-order valence-corrected chi connectivity index (χ4v) is 4.18. The van der Waals surface area contributed by atoms with E-state index in [2.05, 4.69) is 49.5 Å². The minimum absolute atomic E-state index is 0.402. The Morgan fingerprint density at radius 1 is 1.35 bits per heavy atom. The average molecular weight is 375 g/mol. The topological polar surface area (TPSA) is 57.5 Å². The third-order valence-corrected chi connectivity index (χ3v) is 5.64. The predicted molar refractivity (Wildman–Crippen MR) is 109 cm³/mol. The van der Waals surface area contributed by atoms with Crippen molar-refractivity contribution in [2.24, 2.45) is 4.99 Å². The zero-order chi connectivity index (χ0) is 18.0. The fourth-order valence-electron chi connectivity index (χ4n) is 3.33. The summed E-state index contributed by atoms with van der Waals surface area (Å²) in [5.74, 6) is 0.916. The van der Waals surface area contributed by atoms with E-state index in [1.165, 1.54) is 30.8 Å². The highest BCUT2D eigenvalue weighted by molar-refractivity contribution is 7.10. The normalized spacial score (nSPS) is 16.7. The number of guanidine groups is 1. The number of rotatable bonds is 9. The molecule has 7 heteroatoms. The number of aryl methyl sites for hydroxylation is 1. The highest BCUT2D eigenvalue weighted by Crippen LogP contribution is 2.28. The Kier molecular flexibility index (Phi) is 7.51. The van der Waals surface area contributed by atoms with E-state index in [4.69, 9.17) is 4.99 Å². The molecule has 2 aromatic rings. The molecule has 0 saturated carbocycles. The van der Waals surface area contributed by atoms with Crippen molar-refractivity contribution in [1.29, 1.82) is 0 Å². The first-order valence-electron chi connectivity index (χ1n) is 9.62. The third-order valence-electron chi connectivity index (χ3n) is 4.66. The van der Waals surface area contributed by atoms with E-state index in [0.29, 0.717) is 6.04 Å². The Labute approximate surface area is 160 Å². The van der Waals surface area contributed by atoms with Crippen molar-refractivity contribution >= 4 is 17.3 Å². The zero-order valence-electron chi connectivity index (χ0n) is 15.6. The van der Waals surface area contributed by atoms with Crippen LogP contribution in [0.25, 0.3) is 0 Å². The molecule has 0 aromatic carbocycles. The van der Waals surface area contributed by atoms with Gasteiger partial charge in [-0.2, -0.15) is 0 Å². The van der Waals surface area contributed by atoms with Gasteiger partial charge in [-0.15, -0.1) is 11.3 Å². The van der Waals surface area contributed by atoms with Crippen LogP contribution in [0, 0.1) is 0 Å². The van der Waals surface area contributed by atoms with Gasteiger partial charge >= 0.3 is 0 Å². The first-order valence-corrected chi connectivity index (χ1v) is 10.5.